The number of aromatic amines is 1. The summed E-state index contributed by atoms with van der Waals surface area (Å²) in [6.45, 7) is 1.94. The summed E-state index contributed by atoms with van der Waals surface area (Å²) in [6, 6.07) is 18.8. The van der Waals surface area contributed by atoms with Crippen molar-refractivity contribution in [3.05, 3.63) is 81.7 Å². The Morgan fingerprint density at radius 1 is 1.04 bits per heavy atom. The second-order valence-electron chi connectivity index (χ2n) is 5.60. The number of nitrogens with zero attached hydrogens (tertiary/aromatic N) is 2. The van der Waals surface area contributed by atoms with E-state index in [1.807, 2.05) is 55.5 Å². The standard InChI is InChI=1S/C19H14ClN3O/c1-12-18(13-7-3-2-4-8-13)19-21-16(11-17(24)23(19)22-12)14-9-5-6-10-15(14)20/h2-11,22H,1H3. The van der Waals surface area contributed by atoms with Crippen molar-refractivity contribution in [3.63, 3.8) is 0 Å². The molecule has 118 valence electrons. The van der Waals surface area contributed by atoms with Crippen LogP contribution in [0.4, 0.5) is 0 Å². The second kappa shape index (κ2) is 5.65. The van der Waals surface area contributed by atoms with E-state index in [9.17, 15) is 4.79 Å². The lowest BCUT2D eigenvalue weighted by Crippen LogP contribution is -2.14. The van der Waals surface area contributed by atoms with Crippen LogP contribution in [0.5, 0.6) is 0 Å². The lowest BCUT2D eigenvalue weighted by Gasteiger charge is -2.05. The molecule has 0 fully saturated rings. The third-order valence-corrected chi connectivity index (χ3v) is 4.34. The van der Waals surface area contributed by atoms with Crippen molar-refractivity contribution in [2.75, 3.05) is 0 Å². The van der Waals surface area contributed by atoms with Gasteiger partial charge in [0, 0.05) is 27.9 Å². The van der Waals surface area contributed by atoms with Gasteiger partial charge in [-0.25, -0.2) is 9.50 Å². The zero-order chi connectivity index (χ0) is 16.7. The molecular weight excluding hydrogens is 322 g/mol. The first-order chi connectivity index (χ1) is 11.6. The van der Waals surface area contributed by atoms with Crippen LogP contribution in [-0.2, 0) is 0 Å². The molecule has 0 amide bonds. The summed E-state index contributed by atoms with van der Waals surface area (Å²) < 4.78 is 1.47. The van der Waals surface area contributed by atoms with Gasteiger partial charge in [-0.2, -0.15) is 0 Å². The third kappa shape index (κ3) is 2.32. The van der Waals surface area contributed by atoms with E-state index in [-0.39, 0.29) is 5.56 Å². The zero-order valence-electron chi connectivity index (χ0n) is 13.0. The van der Waals surface area contributed by atoms with E-state index in [2.05, 4.69) is 5.10 Å². The summed E-state index contributed by atoms with van der Waals surface area (Å²) in [6.07, 6.45) is 0. The lowest BCUT2D eigenvalue weighted by atomic mass is 10.1. The lowest BCUT2D eigenvalue weighted by molar-refractivity contribution is 0.882. The second-order valence-corrected chi connectivity index (χ2v) is 6.00. The Morgan fingerprint density at radius 3 is 2.50 bits per heavy atom. The zero-order valence-corrected chi connectivity index (χ0v) is 13.7. The molecule has 4 rings (SSSR count). The molecule has 0 atom stereocenters. The molecule has 1 N–H and O–H groups in total. The number of benzene rings is 2. The van der Waals surface area contributed by atoms with E-state index >= 15 is 0 Å². The molecule has 0 aliphatic heterocycles. The average molecular weight is 336 g/mol. The molecule has 0 aliphatic rings. The number of rotatable bonds is 2. The molecule has 2 aromatic carbocycles. The molecule has 24 heavy (non-hydrogen) atoms. The number of hydrogen-bond donors (Lipinski definition) is 1. The van der Waals surface area contributed by atoms with Crippen LogP contribution in [0.2, 0.25) is 5.02 Å². The molecule has 4 nitrogen and oxygen atoms in total. The number of hydrogen-bond acceptors (Lipinski definition) is 2. The molecule has 0 aliphatic carbocycles. The molecule has 0 saturated heterocycles. The number of H-pyrrole nitrogens is 1. The van der Waals surface area contributed by atoms with Crippen molar-refractivity contribution in [2.24, 2.45) is 0 Å². The van der Waals surface area contributed by atoms with Gasteiger partial charge in [0.15, 0.2) is 5.65 Å². The van der Waals surface area contributed by atoms with Crippen LogP contribution in [0.15, 0.2) is 65.5 Å². The first kappa shape index (κ1) is 14.7. The van der Waals surface area contributed by atoms with Gasteiger partial charge in [0.2, 0.25) is 0 Å². The molecule has 0 unspecified atom stereocenters. The highest BCUT2D eigenvalue weighted by molar-refractivity contribution is 6.33. The number of halogens is 1. The van der Waals surface area contributed by atoms with Crippen molar-refractivity contribution in [2.45, 2.75) is 6.92 Å². The fraction of sp³-hybridized carbons (Fsp3) is 0.0526. The molecule has 0 bridgehead atoms. The molecule has 2 heterocycles. The highest BCUT2D eigenvalue weighted by Crippen LogP contribution is 2.29. The fourth-order valence-electron chi connectivity index (χ4n) is 2.91. The van der Waals surface area contributed by atoms with Crippen LogP contribution < -0.4 is 5.56 Å². The van der Waals surface area contributed by atoms with E-state index in [1.165, 1.54) is 10.6 Å². The summed E-state index contributed by atoms with van der Waals surface area (Å²) >= 11 is 6.27. The van der Waals surface area contributed by atoms with E-state index in [0.29, 0.717) is 16.4 Å². The van der Waals surface area contributed by atoms with E-state index in [1.54, 1.807) is 6.07 Å². The van der Waals surface area contributed by atoms with Crippen molar-refractivity contribution >= 4 is 17.2 Å². The topological polar surface area (TPSA) is 50.2 Å². The van der Waals surface area contributed by atoms with Crippen LogP contribution in [-0.4, -0.2) is 14.6 Å². The van der Waals surface area contributed by atoms with Crippen LogP contribution in [0, 0.1) is 6.92 Å². The maximum atomic E-state index is 12.5. The van der Waals surface area contributed by atoms with Gasteiger partial charge in [-0.3, -0.25) is 9.89 Å². The van der Waals surface area contributed by atoms with Crippen LogP contribution in [0.1, 0.15) is 5.69 Å². The first-order valence-electron chi connectivity index (χ1n) is 7.58. The van der Waals surface area contributed by atoms with Crippen LogP contribution >= 0.6 is 11.6 Å². The van der Waals surface area contributed by atoms with Gasteiger partial charge in [0.25, 0.3) is 5.56 Å². The molecule has 4 aromatic rings. The Bertz CT molecular complexity index is 1100. The minimum absolute atomic E-state index is 0.166. The Hall–Kier alpha value is -2.85. The quantitative estimate of drug-likeness (QED) is 0.593. The Morgan fingerprint density at radius 2 is 1.75 bits per heavy atom. The summed E-state index contributed by atoms with van der Waals surface area (Å²) in [7, 11) is 0. The van der Waals surface area contributed by atoms with Crippen LogP contribution in [0.25, 0.3) is 28.0 Å². The van der Waals surface area contributed by atoms with Gasteiger partial charge >= 0.3 is 0 Å². The summed E-state index contributed by atoms with van der Waals surface area (Å²) in [5, 5.41) is 3.67. The largest absolute Gasteiger partial charge is 0.293 e. The predicted octanol–water partition coefficient (Wildman–Crippen LogP) is 4.32. The Labute approximate surface area is 143 Å². The van der Waals surface area contributed by atoms with Gasteiger partial charge in [-0.1, -0.05) is 60.1 Å². The predicted molar refractivity (Wildman–Crippen MR) is 96.4 cm³/mol. The molecule has 2 aromatic heterocycles. The number of fused-ring (bicyclic) bond motifs is 1. The van der Waals surface area contributed by atoms with Gasteiger partial charge < -0.3 is 0 Å². The van der Waals surface area contributed by atoms with E-state index < -0.39 is 0 Å². The van der Waals surface area contributed by atoms with Gasteiger partial charge in [0.05, 0.1) is 5.69 Å². The van der Waals surface area contributed by atoms with Gasteiger partial charge in [-0.05, 0) is 18.6 Å². The normalized spacial score (nSPS) is 11.1. The molecule has 0 saturated carbocycles. The maximum Gasteiger partial charge on any atom is 0.273 e. The molecule has 0 spiro atoms. The van der Waals surface area contributed by atoms with E-state index in [4.69, 9.17) is 16.6 Å². The Balaban J connectivity index is 2.05. The molecule has 5 heteroatoms. The van der Waals surface area contributed by atoms with Crippen molar-refractivity contribution in [3.8, 4) is 22.4 Å². The number of aryl methyl sites for hydroxylation is 1. The summed E-state index contributed by atoms with van der Waals surface area (Å²) in [5.41, 5.74) is 4.57. The summed E-state index contributed by atoms with van der Waals surface area (Å²) in [4.78, 5) is 17.2. The highest BCUT2D eigenvalue weighted by Gasteiger charge is 2.15. The van der Waals surface area contributed by atoms with Crippen LogP contribution in [0.3, 0.4) is 0 Å². The number of nitrogens with one attached hydrogen (secondary N) is 1. The molecular formula is C19H14ClN3O. The summed E-state index contributed by atoms with van der Waals surface area (Å²) in [5.74, 6) is 0. The Kier molecular flexibility index (Phi) is 3.47. The first-order valence-corrected chi connectivity index (χ1v) is 7.95. The third-order valence-electron chi connectivity index (χ3n) is 4.01. The maximum absolute atomic E-state index is 12.5. The average Bonchev–Trinajstić information content (AvgIpc) is 2.93. The minimum atomic E-state index is -0.166. The van der Waals surface area contributed by atoms with Crippen molar-refractivity contribution < 1.29 is 0 Å². The SMILES string of the molecule is Cc1[nH]n2c(=O)cc(-c3ccccc3Cl)nc2c1-c1ccccc1. The van der Waals surface area contributed by atoms with Crippen molar-refractivity contribution in [1.29, 1.82) is 0 Å². The smallest absolute Gasteiger partial charge is 0.273 e. The fourth-order valence-corrected chi connectivity index (χ4v) is 3.14. The van der Waals surface area contributed by atoms with Gasteiger partial charge in [-0.15, -0.1) is 0 Å². The monoisotopic (exact) mass is 335 g/mol. The highest BCUT2D eigenvalue weighted by atomic mass is 35.5. The van der Waals surface area contributed by atoms with Gasteiger partial charge in [0.1, 0.15) is 0 Å². The van der Waals surface area contributed by atoms with Crippen molar-refractivity contribution in [1.82, 2.24) is 14.6 Å². The number of aromatic nitrogens is 3. The minimum Gasteiger partial charge on any atom is -0.293 e. The van der Waals surface area contributed by atoms with E-state index in [0.717, 1.165) is 22.4 Å². The molecule has 0 radical (unpaired) electrons.